The summed E-state index contributed by atoms with van der Waals surface area (Å²) < 4.78 is 5.80. The van der Waals surface area contributed by atoms with E-state index in [0.717, 1.165) is 29.3 Å². The van der Waals surface area contributed by atoms with E-state index in [2.05, 4.69) is 21.5 Å². The molecule has 0 fully saturated rings. The molecular formula is C15H18N4O. The third-order valence-electron chi connectivity index (χ3n) is 3.79. The Kier molecular flexibility index (Phi) is 3.28. The third kappa shape index (κ3) is 2.20. The highest BCUT2D eigenvalue weighted by molar-refractivity contribution is 5.45. The van der Waals surface area contributed by atoms with Crippen LogP contribution in [0.25, 0.3) is 0 Å². The number of aromatic nitrogens is 2. The fraction of sp³-hybridized carbons (Fsp3) is 0.333. The zero-order valence-corrected chi connectivity index (χ0v) is 11.7. The number of ether oxygens (including phenoxy) is 1. The van der Waals surface area contributed by atoms with E-state index in [4.69, 9.17) is 10.6 Å². The van der Waals surface area contributed by atoms with Crippen LogP contribution in [0.15, 0.2) is 24.3 Å². The van der Waals surface area contributed by atoms with Crippen LogP contribution in [0.3, 0.4) is 0 Å². The minimum atomic E-state index is 0.163. The van der Waals surface area contributed by atoms with Crippen molar-refractivity contribution in [1.82, 2.24) is 9.97 Å². The van der Waals surface area contributed by atoms with Gasteiger partial charge in [-0.2, -0.15) is 0 Å². The van der Waals surface area contributed by atoms with Crippen molar-refractivity contribution in [2.75, 3.05) is 12.0 Å². The van der Waals surface area contributed by atoms with Crippen LogP contribution in [-0.2, 0) is 6.42 Å². The second-order valence-electron chi connectivity index (χ2n) is 5.10. The molecule has 1 aliphatic heterocycles. The van der Waals surface area contributed by atoms with Gasteiger partial charge in [-0.3, -0.25) is 0 Å². The molecule has 1 atom stereocenters. The van der Waals surface area contributed by atoms with E-state index in [1.54, 1.807) is 0 Å². The molecule has 1 aromatic carbocycles. The molecule has 5 nitrogen and oxygen atoms in total. The lowest BCUT2D eigenvalue weighted by Gasteiger charge is -2.25. The Labute approximate surface area is 118 Å². The van der Waals surface area contributed by atoms with Gasteiger partial charge in [0, 0.05) is 11.3 Å². The van der Waals surface area contributed by atoms with E-state index in [1.807, 2.05) is 32.0 Å². The topological polar surface area (TPSA) is 73.1 Å². The molecule has 3 N–H and O–H groups in total. The molecule has 2 aromatic rings. The van der Waals surface area contributed by atoms with Crippen LogP contribution in [-0.4, -0.2) is 16.6 Å². The molecule has 0 radical (unpaired) electrons. The summed E-state index contributed by atoms with van der Waals surface area (Å²) in [4.78, 5) is 9.11. The third-order valence-corrected chi connectivity index (χ3v) is 3.79. The predicted octanol–water partition coefficient (Wildman–Crippen LogP) is 2.10. The van der Waals surface area contributed by atoms with Crippen LogP contribution >= 0.6 is 0 Å². The fourth-order valence-electron chi connectivity index (χ4n) is 2.47. The molecule has 0 spiro atoms. The van der Waals surface area contributed by atoms with E-state index in [1.165, 1.54) is 5.56 Å². The first-order valence-electron chi connectivity index (χ1n) is 6.71. The highest BCUT2D eigenvalue weighted by Gasteiger charge is 2.24. The molecule has 0 saturated carbocycles. The number of nitrogen functional groups attached to an aromatic ring is 1. The maximum Gasteiger partial charge on any atom is 0.146 e. The number of rotatable bonds is 2. The number of hydrogen-bond donors (Lipinski definition) is 2. The number of nitrogens with zero attached hydrogens (tertiary/aromatic N) is 2. The van der Waals surface area contributed by atoms with Crippen LogP contribution in [0.1, 0.15) is 28.6 Å². The van der Waals surface area contributed by atoms with Gasteiger partial charge >= 0.3 is 0 Å². The number of nitrogens with two attached hydrogens (primary N) is 1. The van der Waals surface area contributed by atoms with Crippen molar-refractivity contribution in [2.45, 2.75) is 26.2 Å². The van der Waals surface area contributed by atoms with Crippen molar-refractivity contribution >= 4 is 5.82 Å². The summed E-state index contributed by atoms with van der Waals surface area (Å²) in [5.41, 5.74) is 5.77. The van der Waals surface area contributed by atoms with Gasteiger partial charge in [0.25, 0.3) is 0 Å². The van der Waals surface area contributed by atoms with Gasteiger partial charge in [-0.15, -0.1) is 0 Å². The summed E-state index contributed by atoms with van der Waals surface area (Å²) in [5, 5.41) is 0. The SMILES string of the molecule is Cc1nc(C2COc3ccccc3C2)nc(NN)c1C. The zero-order valence-electron chi connectivity index (χ0n) is 11.7. The lowest BCUT2D eigenvalue weighted by molar-refractivity contribution is 0.257. The number of hydrazine groups is 1. The number of hydrogen-bond acceptors (Lipinski definition) is 5. The predicted molar refractivity (Wildman–Crippen MR) is 77.7 cm³/mol. The van der Waals surface area contributed by atoms with Crippen molar-refractivity contribution in [3.05, 3.63) is 46.9 Å². The Hall–Kier alpha value is -2.14. The van der Waals surface area contributed by atoms with Crippen molar-refractivity contribution in [2.24, 2.45) is 5.84 Å². The van der Waals surface area contributed by atoms with E-state index in [0.29, 0.717) is 12.4 Å². The fourth-order valence-corrected chi connectivity index (χ4v) is 2.47. The Morgan fingerprint density at radius 3 is 2.85 bits per heavy atom. The van der Waals surface area contributed by atoms with Crippen molar-refractivity contribution in [3.63, 3.8) is 0 Å². The monoisotopic (exact) mass is 270 g/mol. The number of para-hydroxylation sites is 1. The van der Waals surface area contributed by atoms with Crippen LogP contribution in [0.4, 0.5) is 5.82 Å². The van der Waals surface area contributed by atoms with Gasteiger partial charge in [0.1, 0.15) is 17.4 Å². The molecule has 2 heterocycles. The van der Waals surface area contributed by atoms with Gasteiger partial charge in [-0.25, -0.2) is 15.8 Å². The maximum absolute atomic E-state index is 5.80. The smallest absolute Gasteiger partial charge is 0.146 e. The first-order valence-corrected chi connectivity index (χ1v) is 6.71. The molecule has 0 saturated heterocycles. The molecule has 3 rings (SSSR count). The van der Waals surface area contributed by atoms with Crippen LogP contribution in [0, 0.1) is 13.8 Å². The maximum atomic E-state index is 5.80. The first-order chi connectivity index (χ1) is 9.69. The molecule has 1 unspecified atom stereocenters. The summed E-state index contributed by atoms with van der Waals surface area (Å²) in [6, 6.07) is 8.10. The first kappa shape index (κ1) is 12.9. The molecule has 1 aliphatic rings. The number of nitrogens with one attached hydrogen (secondary N) is 1. The summed E-state index contributed by atoms with van der Waals surface area (Å²) in [6.07, 6.45) is 0.892. The lowest BCUT2D eigenvalue weighted by atomic mass is 9.96. The van der Waals surface area contributed by atoms with E-state index in [-0.39, 0.29) is 5.92 Å². The average Bonchev–Trinajstić information content (AvgIpc) is 2.49. The van der Waals surface area contributed by atoms with Gasteiger partial charge in [0.2, 0.25) is 0 Å². The molecule has 1 aromatic heterocycles. The molecule has 5 heteroatoms. The Bertz CT molecular complexity index is 642. The highest BCUT2D eigenvalue weighted by atomic mass is 16.5. The number of fused-ring (bicyclic) bond motifs is 1. The van der Waals surface area contributed by atoms with Gasteiger partial charge in [-0.1, -0.05) is 18.2 Å². The molecule has 0 aliphatic carbocycles. The van der Waals surface area contributed by atoms with Crippen molar-refractivity contribution in [1.29, 1.82) is 0 Å². The van der Waals surface area contributed by atoms with Gasteiger partial charge < -0.3 is 10.2 Å². The van der Waals surface area contributed by atoms with Crippen molar-refractivity contribution in [3.8, 4) is 5.75 Å². The van der Waals surface area contributed by atoms with E-state index < -0.39 is 0 Å². The molecular weight excluding hydrogens is 252 g/mol. The zero-order chi connectivity index (χ0) is 14.1. The highest BCUT2D eigenvalue weighted by Crippen LogP contribution is 2.31. The number of anilines is 1. The van der Waals surface area contributed by atoms with E-state index in [9.17, 15) is 0 Å². The van der Waals surface area contributed by atoms with Crippen LogP contribution < -0.4 is 16.0 Å². The van der Waals surface area contributed by atoms with Gasteiger partial charge in [0.05, 0.1) is 12.5 Å². The minimum Gasteiger partial charge on any atom is -0.493 e. The average molecular weight is 270 g/mol. The number of aryl methyl sites for hydroxylation is 1. The van der Waals surface area contributed by atoms with Gasteiger partial charge in [-0.05, 0) is 31.9 Å². The van der Waals surface area contributed by atoms with E-state index >= 15 is 0 Å². The molecule has 0 amide bonds. The second-order valence-corrected chi connectivity index (χ2v) is 5.10. The largest absolute Gasteiger partial charge is 0.493 e. The second kappa shape index (κ2) is 5.09. The minimum absolute atomic E-state index is 0.163. The summed E-state index contributed by atoms with van der Waals surface area (Å²) in [5.74, 6) is 8.12. The Balaban J connectivity index is 1.93. The Morgan fingerprint density at radius 1 is 1.25 bits per heavy atom. The molecule has 104 valence electrons. The molecule has 0 bridgehead atoms. The quantitative estimate of drug-likeness (QED) is 0.646. The number of benzene rings is 1. The van der Waals surface area contributed by atoms with Crippen LogP contribution in [0.2, 0.25) is 0 Å². The van der Waals surface area contributed by atoms with Crippen LogP contribution in [0.5, 0.6) is 5.75 Å². The lowest BCUT2D eigenvalue weighted by Crippen LogP contribution is -2.23. The van der Waals surface area contributed by atoms with Crippen molar-refractivity contribution < 1.29 is 4.74 Å². The van der Waals surface area contributed by atoms with Gasteiger partial charge in [0.15, 0.2) is 0 Å². The summed E-state index contributed by atoms with van der Waals surface area (Å²) in [6.45, 7) is 4.53. The Morgan fingerprint density at radius 2 is 2.05 bits per heavy atom. The standard InChI is InChI=1S/C15H18N4O/c1-9-10(2)17-15(18-14(9)19-16)12-7-11-5-3-4-6-13(11)20-8-12/h3-6,12H,7-8,16H2,1-2H3,(H,17,18,19). The molecule has 20 heavy (non-hydrogen) atoms. The normalized spacial score (nSPS) is 17.2. The summed E-state index contributed by atoms with van der Waals surface area (Å²) in [7, 11) is 0. The summed E-state index contributed by atoms with van der Waals surface area (Å²) >= 11 is 0.